The maximum Gasteiger partial charge on any atom is 0.289 e. The Morgan fingerprint density at radius 3 is 2.52 bits per heavy atom. The summed E-state index contributed by atoms with van der Waals surface area (Å²) in [6.07, 6.45) is 0. The second-order valence-electron chi connectivity index (χ2n) is 5.06. The molecule has 1 amide bonds. The summed E-state index contributed by atoms with van der Waals surface area (Å²) in [6.45, 7) is 3.81. The largest absolute Gasteiger partial charge is 0.355 e. The third-order valence-electron chi connectivity index (χ3n) is 3.30. The fraction of sp³-hybridized carbons (Fsp3) is 0.267. The predicted molar refractivity (Wildman–Crippen MR) is 96.8 cm³/mol. The minimum atomic E-state index is -0.323. The zero-order valence-electron chi connectivity index (χ0n) is 13.1. The number of hydrogen-bond donors (Lipinski definition) is 3. The smallest absolute Gasteiger partial charge is 0.289 e. The van der Waals surface area contributed by atoms with Crippen molar-refractivity contribution in [3.8, 4) is 0 Å². The van der Waals surface area contributed by atoms with Crippen molar-refractivity contribution >= 4 is 39.2 Å². The summed E-state index contributed by atoms with van der Waals surface area (Å²) in [5, 5.41) is 7.63. The van der Waals surface area contributed by atoms with Crippen molar-refractivity contribution in [3.63, 3.8) is 0 Å². The van der Waals surface area contributed by atoms with Crippen molar-refractivity contribution in [1.82, 2.24) is 25.9 Å². The van der Waals surface area contributed by atoms with Crippen LogP contribution in [0.3, 0.4) is 0 Å². The van der Waals surface area contributed by atoms with E-state index >= 15 is 0 Å². The van der Waals surface area contributed by atoms with Crippen LogP contribution in [0, 0.1) is 6.92 Å². The molecule has 3 N–H and O–H groups in total. The number of benzene rings is 1. The van der Waals surface area contributed by atoms with Gasteiger partial charge in [-0.25, -0.2) is 0 Å². The van der Waals surface area contributed by atoms with Crippen LogP contribution in [0.5, 0.6) is 0 Å². The minimum Gasteiger partial charge on any atom is -0.355 e. The number of hydrogen-bond acceptors (Lipinski definition) is 3. The average Bonchev–Trinajstić information content (AvgIpc) is 2.78. The highest BCUT2D eigenvalue weighted by atomic mass is 79.9. The number of nitrogens with one attached hydrogen (secondary N) is 3. The van der Waals surface area contributed by atoms with Gasteiger partial charge in [0.25, 0.3) is 5.91 Å². The van der Waals surface area contributed by atoms with Crippen LogP contribution in [0.4, 0.5) is 0 Å². The van der Waals surface area contributed by atoms with Gasteiger partial charge >= 0.3 is 0 Å². The van der Waals surface area contributed by atoms with Gasteiger partial charge in [0.15, 0.2) is 5.11 Å². The zero-order valence-corrected chi connectivity index (χ0v) is 15.5. The van der Waals surface area contributed by atoms with Gasteiger partial charge in [-0.2, -0.15) is 5.10 Å². The molecule has 2 rings (SSSR count). The molecule has 8 heteroatoms. The van der Waals surface area contributed by atoms with Crippen molar-refractivity contribution in [2.75, 3.05) is 0 Å². The Labute approximate surface area is 148 Å². The number of rotatable bonds is 3. The SMILES string of the molecule is Cc1nn(C)c(C(=O)NNC(=S)N[C@H](C)c2ccccc2)c1Br. The fourth-order valence-corrected chi connectivity index (χ4v) is 2.85. The number of carbonyl (C=O) groups excluding carboxylic acids is 1. The van der Waals surface area contributed by atoms with E-state index in [4.69, 9.17) is 12.2 Å². The molecule has 1 aromatic carbocycles. The van der Waals surface area contributed by atoms with Crippen LogP contribution in [-0.2, 0) is 7.05 Å². The predicted octanol–water partition coefficient (Wildman–Crippen LogP) is 2.36. The number of aryl methyl sites for hydroxylation is 2. The first kappa shape index (κ1) is 17.4. The molecule has 0 spiro atoms. The maximum atomic E-state index is 12.2. The quantitative estimate of drug-likeness (QED) is 0.549. The van der Waals surface area contributed by atoms with Crippen LogP contribution in [0.1, 0.15) is 34.7 Å². The zero-order chi connectivity index (χ0) is 17.0. The number of aromatic nitrogens is 2. The van der Waals surface area contributed by atoms with E-state index in [1.165, 1.54) is 4.68 Å². The van der Waals surface area contributed by atoms with Crippen LogP contribution < -0.4 is 16.2 Å². The third kappa shape index (κ3) is 4.29. The molecule has 2 aromatic rings. The topological polar surface area (TPSA) is 71.0 Å². The Balaban J connectivity index is 1.90. The van der Waals surface area contributed by atoms with E-state index in [1.54, 1.807) is 7.05 Å². The summed E-state index contributed by atoms with van der Waals surface area (Å²) < 4.78 is 2.18. The molecule has 0 aliphatic carbocycles. The van der Waals surface area contributed by atoms with Gasteiger partial charge in [-0.15, -0.1) is 0 Å². The normalized spacial score (nSPS) is 11.7. The van der Waals surface area contributed by atoms with Crippen molar-refractivity contribution in [3.05, 3.63) is 51.8 Å². The van der Waals surface area contributed by atoms with Crippen molar-refractivity contribution in [2.24, 2.45) is 7.05 Å². The second kappa shape index (κ2) is 7.56. The highest BCUT2D eigenvalue weighted by molar-refractivity contribution is 9.10. The van der Waals surface area contributed by atoms with Crippen LogP contribution in [-0.4, -0.2) is 20.8 Å². The molecule has 6 nitrogen and oxygen atoms in total. The summed E-state index contributed by atoms with van der Waals surface area (Å²) in [5.74, 6) is -0.323. The van der Waals surface area contributed by atoms with E-state index in [2.05, 4.69) is 37.2 Å². The molecule has 1 atom stereocenters. The Kier molecular flexibility index (Phi) is 5.73. The Bertz CT molecular complexity index is 716. The molecule has 0 radical (unpaired) electrons. The number of hydrazine groups is 1. The average molecular weight is 396 g/mol. The fourth-order valence-electron chi connectivity index (χ4n) is 2.11. The molecule has 0 saturated carbocycles. The van der Waals surface area contributed by atoms with E-state index in [0.717, 1.165) is 11.3 Å². The minimum absolute atomic E-state index is 0.0267. The van der Waals surface area contributed by atoms with Crippen molar-refractivity contribution in [2.45, 2.75) is 19.9 Å². The summed E-state index contributed by atoms with van der Waals surface area (Å²) in [4.78, 5) is 12.2. The molecular weight excluding hydrogens is 378 g/mol. The standard InChI is InChI=1S/C15H18BrN5OS/c1-9(11-7-5-4-6-8-11)17-15(23)19-18-14(22)13-12(16)10(2)20-21(13)3/h4-9H,1-3H3,(H,18,22)(H2,17,19,23)/t9-/m1/s1. The maximum absolute atomic E-state index is 12.2. The lowest BCUT2D eigenvalue weighted by Crippen LogP contribution is -2.47. The molecule has 1 aromatic heterocycles. The van der Waals surface area contributed by atoms with E-state index in [-0.39, 0.29) is 11.9 Å². The van der Waals surface area contributed by atoms with E-state index in [1.807, 2.05) is 44.2 Å². The van der Waals surface area contributed by atoms with Gasteiger partial charge in [0.05, 0.1) is 16.2 Å². The lowest BCUT2D eigenvalue weighted by molar-refractivity contribution is 0.0933. The highest BCUT2D eigenvalue weighted by Gasteiger charge is 2.18. The lowest BCUT2D eigenvalue weighted by Gasteiger charge is -2.17. The second-order valence-corrected chi connectivity index (χ2v) is 6.26. The first-order valence-electron chi connectivity index (χ1n) is 7.01. The molecule has 0 fully saturated rings. The number of nitrogens with zero attached hydrogens (tertiary/aromatic N) is 2. The molecule has 0 bridgehead atoms. The lowest BCUT2D eigenvalue weighted by atomic mass is 10.1. The summed E-state index contributed by atoms with van der Waals surface area (Å²) in [6, 6.07) is 9.93. The van der Waals surface area contributed by atoms with Crippen molar-refractivity contribution < 1.29 is 4.79 Å². The van der Waals surface area contributed by atoms with Crippen LogP contribution in [0.25, 0.3) is 0 Å². The number of thiocarbonyl (C=S) groups is 1. The van der Waals surface area contributed by atoms with Gasteiger partial charge in [0.1, 0.15) is 5.69 Å². The number of carbonyl (C=O) groups is 1. The molecular formula is C15H18BrN5OS. The van der Waals surface area contributed by atoms with E-state index in [9.17, 15) is 4.79 Å². The van der Waals surface area contributed by atoms with Gasteiger partial charge in [0, 0.05) is 7.05 Å². The van der Waals surface area contributed by atoms with Gasteiger partial charge in [-0.1, -0.05) is 30.3 Å². The van der Waals surface area contributed by atoms with Crippen LogP contribution in [0.2, 0.25) is 0 Å². The molecule has 1 heterocycles. The third-order valence-corrected chi connectivity index (χ3v) is 4.47. The molecule has 0 unspecified atom stereocenters. The molecule has 122 valence electrons. The number of amides is 1. The first-order valence-corrected chi connectivity index (χ1v) is 8.21. The molecule has 0 aliphatic heterocycles. The Morgan fingerprint density at radius 2 is 1.96 bits per heavy atom. The van der Waals surface area contributed by atoms with Gasteiger partial charge in [0.2, 0.25) is 0 Å². The molecule has 0 aliphatic rings. The van der Waals surface area contributed by atoms with Gasteiger partial charge < -0.3 is 5.32 Å². The summed E-state index contributed by atoms with van der Waals surface area (Å²) >= 11 is 8.56. The molecule has 0 saturated heterocycles. The van der Waals surface area contributed by atoms with Crippen LogP contribution in [0.15, 0.2) is 34.8 Å². The van der Waals surface area contributed by atoms with Gasteiger partial charge in [-0.3, -0.25) is 20.3 Å². The highest BCUT2D eigenvalue weighted by Crippen LogP contribution is 2.19. The first-order chi connectivity index (χ1) is 10.9. The Hall–Kier alpha value is -1.93. The van der Waals surface area contributed by atoms with Crippen molar-refractivity contribution in [1.29, 1.82) is 0 Å². The monoisotopic (exact) mass is 395 g/mol. The van der Waals surface area contributed by atoms with E-state index in [0.29, 0.717) is 15.3 Å². The summed E-state index contributed by atoms with van der Waals surface area (Å²) in [5.41, 5.74) is 7.55. The van der Waals surface area contributed by atoms with Gasteiger partial charge in [-0.05, 0) is 47.6 Å². The van der Waals surface area contributed by atoms with E-state index < -0.39 is 0 Å². The number of halogens is 1. The molecule has 23 heavy (non-hydrogen) atoms. The Morgan fingerprint density at radius 1 is 1.30 bits per heavy atom. The van der Waals surface area contributed by atoms with Crippen LogP contribution >= 0.6 is 28.1 Å². The summed E-state index contributed by atoms with van der Waals surface area (Å²) in [7, 11) is 1.71.